The van der Waals surface area contributed by atoms with Gasteiger partial charge in [-0.1, -0.05) is 60.7 Å². The van der Waals surface area contributed by atoms with Crippen LogP contribution >= 0.6 is 0 Å². The molecule has 2 rings (SSSR count). The minimum atomic E-state index is -5.65. The number of hydrogen-bond acceptors (Lipinski definition) is 6. The van der Waals surface area contributed by atoms with Crippen molar-refractivity contribution in [2.45, 2.75) is 25.6 Å². The molecule has 0 aromatic heterocycles. The maximum Gasteiger partial charge on any atom is 0.825 e. The highest BCUT2D eigenvalue weighted by atomic mass is 28.4. The molecule has 168 valence electrons. The number of hydrogen-bond donors (Lipinski definition) is 0. The molecule has 0 heterocycles. The minimum absolute atomic E-state index is 0.272. The number of carbonyl (C=O) groups is 2. The van der Waals surface area contributed by atoms with Gasteiger partial charge >= 0.3 is 33.3 Å². The van der Waals surface area contributed by atoms with Crippen molar-refractivity contribution in [2.75, 3.05) is 0 Å². The summed E-state index contributed by atoms with van der Waals surface area (Å²) in [7, 11) is -5.65. The minimum Gasteiger partial charge on any atom is -0.435 e. The zero-order valence-electron chi connectivity index (χ0n) is 15.4. The number of benzene rings is 2. The van der Waals surface area contributed by atoms with E-state index >= 15 is 0 Å². The van der Waals surface area contributed by atoms with Gasteiger partial charge in [0, 0.05) is 0 Å². The molecule has 0 saturated heterocycles. The summed E-state index contributed by atoms with van der Waals surface area (Å²) in [5, 5.41) is 0. The van der Waals surface area contributed by atoms with E-state index in [0.29, 0.717) is 0 Å². The third-order valence-electron chi connectivity index (χ3n) is 3.42. The van der Waals surface area contributed by atoms with Crippen LogP contribution in [0.5, 0.6) is 0 Å². The van der Waals surface area contributed by atoms with Crippen molar-refractivity contribution >= 4 is 21.0 Å². The van der Waals surface area contributed by atoms with E-state index in [9.17, 15) is 35.9 Å². The SMILES string of the molecule is O=C(O[Si](OCc1ccccc1)(OCc1ccccc1)OC(=O)C(F)(F)F)C(F)(F)F. The van der Waals surface area contributed by atoms with Crippen LogP contribution in [0.4, 0.5) is 26.3 Å². The van der Waals surface area contributed by atoms with Crippen LogP contribution in [0.3, 0.4) is 0 Å². The Morgan fingerprint density at radius 1 is 0.645 bits per heavy atom. The van der Waals surface area contributed by atoms with Gasteiger partial charge in [-0.05, 0) is 11.1 Å². The maximum absolute atomic E-state index is 12.8. The second-order valence-corrected chi connectivity index (χ2v) is 7.81. The zero-order chi connectivity index (χ0) is 23.1. The van der Waals surface area contributed by atoms with E-state index < -0.39 is 46.6 Å². The van der Waals surface area contributed by atoms with Crippen molar-refractivity contribution in [3.63, 3.8) is 0 Å². The summed E-state index contributed by atoms with van der Waals surface area (Å²) in [6.45, 7) is -1.34. The molecule has 2 aromatic carbocycles. The Kier molecular flexibility index (Phi) is 7.81. The molecule has 0 amide bonds. The van der Waals surface area contributed by atoms with Gasteiger partial charge in [0.05, 0.1) is 13.2 Å². The first-order valence-electron chi connectivity index (χ1n) is 8.37. The quantitative estimate of drug-likeness (QED) is 0.430. The maximum atomic E-state index is 12.8. The molecule has 0 fully saturated rings. The molecule has 0 N–H and O–H groups in total. The van der Waals surface area contributed by atoms with Gasteiger partial charge in [0.2, 0.25) is 0 Å². The molecule has 0 aliphatic rings. The van der Waals surface area contributed by atoms with Crippen molar-refractivity contribution in [1.82, 2.24) is 0 Å². The molecule has 31 heavy (non-hydrogen) atoms. The summed E-state index contributed by atoms with van der Waals surface area (Å²) in [4.78, 5) is 22.8. The van der Waals surface area contributed by atoms with Crippen LogP contribution in [0.1, 0.15) is 11.1 Å². The second kappa shape index (κ2) is 9.94. The van der Waals surface area contributed by atoms with E-state index in [1.54, 1.807) is 12.1 Å². The van der Waals surface area contributed by atoms with Crippen LogP contribution in [0.2, 0.25) is 0 Å². The summed E-state index contributed by atoms with van der Waals surface area (Å²) in [6.07, 6.45) is -11.2. The fraction of sp³-hybridized carbons (Fsp3) is 0.222. The lowest BCUT2D eigenvalue weighted by atomic mass is 10.2. The number of halogens is 6. The highest BCUT2D eigenvalue weighted by Gasteiger charge is 2.61. The van der Waals surface area contributed by atoms with E-state index in [1.807, 2.05) is 0 Å². The van der Waals surface area contributed by atoms with Crippen molar-refractivity contribution < 1.29 is 53.6 Å². The Hall–Kier alpha value is -2.90. The molecule has 0 spiro atoms. The topological polar surface area (TPSA) is 71.1 Å². The second-order valence-electron chi connectivity index (χ2n) is 5.82. The van der Waals surface area contributed by atoms with Crippen LogP contribution in [-0.4, -0.2) is 33.3 Å². The molecular weight excluding hydrogens is 454 g/mol. The largest absolute Gasteiger partial charge is 0.825 e. The van der Waals surface area contributed by atoms with Gasteiger partial charge in [-0.25, -0.2) is 9.59 Å². The van der Waals surface area contributed by atoms with Gasteiger partial charge in [0.1, 0.15) is 0 Å². The number of rotatable bonds is 8. The van der Waals surface area contributed by atoms with E-state index in [-0.39, 0.29) is 11.1 Å². The average molecular weight is 468 g/mol. The summed E-state index contributed by atoms with van der Waals surface area (Å²) >= 11 is 0. The first kappa shape index (κ1) is 24.4. The Morgan fingerprint density at radius 2 is 0.968 bits per heavy atom. The predicted octanol–water partition coefficient (Wildman–Crippen LogP) is 4.07. The number of alkyl halides is 6. The molecule has 0 unspecified atom stereocenters. The normalized spacial score (nSPS) is 12.3. The van der Waals surface area contributed by atoms with Crippen LogP contribution < -0.4 is 0 Å². The zero-order valence-corrected chi connectivity index (χ0v) is 16.4. The molecule has 6 nitrogen and oxygen atoms in total. The molecule has 0 aliphatic heterocycles. The Morgan fingerprint density at radius 3 is 1.26 bits per heavy atom. The van der Waals surface area contributed by atoms with Crippen LogP contribution in [0.15, 0.2) is 60.7 Å². The first-order valence-corrected chi connectivity index (χ1v) is 10.0. The molecule has 0 bridgehead atoms. The molecule has 0 atom stereocenters. The van der Waals surface area contributed by atoms with Gasteiger partial charge < -0.3 is 17.7 Å². The smallest absolute Gasteiger partial charge is 0.435 e. The monoisotopic (exact) mass is 468 g/mol. The van der Waals surface area contributed by atoms with Crippen LogP contribution in [-0.2, 0) is 40.5 Å². The lowest BCUT2D eigenvalue weighted by Crippen LogP contribution is -2.55. The lowest BCUT2D eigenvalue weighted by Gasteiger charge is -2.27. The summed E-state index contributed by atoms with van der Waals surface area (Å²) < 4.78 is 94.7. The first-order chi connectivity index (χ1) is 14.4. The third kappa shape index (κ3) is 7.69. The molecule has 0 saturated carbocycles. The Labute approximate surface area is 172 Å². The van der Waals surface area contributed by atoms with Crippen molar-refractivity contribution in [2.24, 2.45) is 0 Å². The summed E-state index contributed by atoms with van der Waals surface area (Å²) in [6, 6.07) is 14.9. The average Bonchev–Trinajstić information content (AvgIpc) is 2.71. The van der Waals surface area contributed by atoms with E-state index in [4.69, 9.17) is 8.85 Å². The molecule has 2 aromatic rings. The molecule has 0 radical (unpaired) electrons. The van der Waals surface area contributed by atoms with Gasteiger partial charge in [-0.15, -0.1) is 0 Å². The third-order valence-corrected chi connectivity index (χ3v) is 5.28. The van der Waals surface area contributed by atoms with Gasteiger partial charge in [0.25, 0.3) is 0 Å². The highest BCUT2D eigenvalue weighted by molar-refractivity contribution is 6.57. The van der Waals surface area contributed by atoms with E-state index in [1.165, 1.54) is 48.5 Å². The highest BCUT2D eigenvalue weighted by Crippen LogP contribution is 2.27. The van der Waals surface area contributed by atoms with E-state index in [2.05, 4.69) is 8.85 Å². The fourth-order valence-electron chi connectivity index (χ4n) is 2.02. The standard InChI is InChI=1S/C18H14F6O6Si/c19-17(20,21)15(25)29-31(30-16(26)18(22,23)24,27-11-13-7-3-1-4-8-13)28-12-14-9-5-2-6-10-14/h1-10H,11-12H2. The molecular formula is C18H14F6O6Si. The summed E-state index contributed by atoms with van der Waals surface area (Å²) in [5.74, 6) is -5.87. The summed E-state index contributed by atoms with van der Waals surface area (Å²) in [5.41, 5.74) is 0.544. The molecule has 0 aliphatic carbocycles. The predicted molar refractivity (Wildman–Crippen MR) is 92.5 cm³/mol. The van der Waals surface area contributed by atoms with Gasteiger partial charge in [-0.3, -0.25) is 0 Å². The van der Waals surface area contributed by atoms with Crippen LogP contribution in [0.25, 0.3) is 0 Å². The van der Waals surface area contributed by atoms with E-state index in [0.717, 1.165) is 0 Å². The van der Waals surface area contributed by atoms with Gasteiger partial charge in [0.15, 0.2) is 0 Å². The Balaban J connectivity index is 2.37. The molecule has 13 heteroatoms. The van der Waals surface area contributed by atoms with Crippen molar-refractivity contribution in [3.8, 4) is 0 Å². The van der Waals surface area contributed by atoms with Crippen molar-refractivity contribution in [1.29, 1.82) is 0 Å². The van der Waals surface area contributed by atoms with Crippen LogP contribution in [0, 0.1) is 0 Å². The number of carbonyl (C=O) groups excluding carboxylic acids is 2. The lowest BCUT2D eigenvalue weighted by molar-refractivity contribution is -0.209. The Bertz CT molecular complexity index is 799. The van der Waals surface area contributed by atoms with Crippen molar-refractivity contribution in [3.05, 3.63) is 71.8 Å². The van der Waals surface area contributed by atoms with Gasteiger partial charge in [-0.2, -0.15) is 26.3 Å². The fourth-order valence-corrected chi connectivity index (χ4v) is 3.75.